The highest BCUT2D eigenvalue weighted by molar-refractivity contribution is 9.09. The van der Waals surface area contributed by atoms with E-state index in [-0.39, 0.29) is 5.78 Å². The molecule has 0 N–H and O–H groups in total. The Balaban J connectivity index is 3.07. The number of Topliss-reactive ketones (excluding diaryl/α,β-unsaturated/α-hetero) is 1. The third-order valence-electron chi connectivity index (χ3n) is 1.83. The van der Waals surface area contributed by atoms with Crippen molar-refractivity contribution in [1.82, 2.24) is 0 Å². The molecule has 0 atom stereocenters. The standard InChI is InChI=1S/C10H11BrO2S/c1-13-9-4-3-7(8(12)6-11)5-10(9)14-2/h3-5H,6H2,1-2H3. The zero-order valence-corrected chi connectivity index (χ0v) is 10.4. The van der Waals surface area contributed by atoms with Gasteiger partial charge in [-0.2, -0.15) is 0 Å². The second kappa shape index (κ2) is 5.41. The van der Waals surface area contributed by atoms with E-state index in [2.05, 4.69) is 15.9 Å². The second-order valence-electron chi connectivity index (χ2n) is 2.63. The quantitative estimate of drug-likeness (QED) is 0.480. The summed E-state index contributed by atoms with van der Waals surface area (Å²) in [5.74, 6) is 0.895. The van der Waals surface area contributed by atoms with Crippen LogP contribution in [0.1, 0.15) is 10.4 Å². The van der Waals surface area contributed by atoms with Crippen LogP contribution in [0.15, 0.2) is 23.1 Å². The van der Waals surface area contributed by atoms with E-state index in [1.807, 2.05) is 18.4 Å². The van der Waals surface area contributed by atoms with Crippen LogP contribution in [0.2, 0.25) is 0 Å². The summed E-state index contributed by atoms with van der Waals surface area (Å²) >= 11 is 4.72. The van der Waals surface area contributed by atoms with Gasteiger partial charge in [-0.25, -0.2) is 0 Å². The van der Waals surface area contributed by atoms with E-state index in [1.54, 1.807) is 24.9 Å². The number of methoxy groups -OCH3 is 1. The van der Waals surface area contributed by atoms with Crippen molar-refractivity contribution >= 4 is 33.5 Å². The molecule has 76 valence electrons. The number of carbonyl (C=O) groups excluding carboxylic acids is 1. The van der Waals surface area contributed by atoms with E-state index in [4.69, 9.17) is 4.74 Å². The fourth-order valence-electron chi connectivity index (χ4n) is 1.09. The Kier molecular flexibility index (Phi) is 4.48. The molecule has 0 aliphatic carbocycles. The minimum atomic E-state index is 0.0861. The van der Waals surface area contributed by atoms with Crippen molar-refractivity contribution < 1.29 is 9.53 Å². The highest BCUT2D eigenvalue weighted by atomic mass is 79.9. The molecule has 1 rings (SSSR count). The molecule has 0 radical (unpaired) electrons. The van der Waals surface area contributed by atoms with Crippen molar-refractivity contribution in [2.45, 2.75) is 4.90 Å². The van der Waals surface area contributed by atoms with Gasteiger partial charge in [0.05, 0.1) is 12.4 Å². The molecule has 4 heteroatoms. The highest BCUT2D eigenvalue weighted by Gasteiger charge is 2.08. The molecule has 2 nitrogen and oxygen atoms in total. The molecular weight excluding hydrogens is 264 g/mol. The van der Waals surface area contributed by atoms with Gasteiger partial charge >= 0.3 is 0 Å². The Morgan fingerprint density at radius 1 is 1.57 bits per heavy atom. The lowest BCUT2D eigenvalue weighted by atomic mass is 10.1. The van der Waals surface area contributed by atoms with E-state index in [0.717, 1.165) is 10.6 Å². The number of ketones is 1. The zero-order chi connectivity index (χ0) is 10.6. The first-order chi connectivity index (χ1) is 6.72. The maximum atomic E-state index is 11.4. The second-order valence-corrected chi connectivity index (χ2v) is 4.04. The van der Waals surface area contributed by atoms with Gasteiger partial charge in [-0.05, 0) is 24.5 Å². The van der Waals surface area contributed by atoms with Gasteiger partial charge in [0.25, 0.3) is 0 Å². The van der Waals surface area contributed by atoms with Gasteiger partial charge in [0, 0.05) is 10.5 Å². The molecule has 14 heavy (non-hydrogen) atoms. The number of halogens is 1. The fourth-order valence-corrected chi connectivity index (χ4v) is 2.01. The van der Waals surface area contributed by atoms with E-state index < -0.39 is 0 Å². The van der Waals surface area contributed by atoms with Crippen LogP contribution in [0.3, 0.4) is 0 Å². The first-order valence-electron chi connectivity index (χ1n) is 4.04. The highest BCUT2D eigenvalue weighted by Crippen LogP contribution is 2.28. The third kappa shape index (κ3) is 2.51. The number of benzene rings is 1. The molecule has 0 fully saturated rings. The van der Waals surface area contributed by atoms with Crippen LogP contribution in [0.25, 0.3) is 0 Å². The molecule has 1 aromatic rings. The number of carbonyl (C=O) groups is 1. The number of alkyl halides is 1. The minimum absolute atomic E-state index is 0.0861. The molecule has 0 spiro atoms. The molecule has 0 saturated carbocycles. The molecule has 0 bridgehead atoms. The van der Waals surface area contributed by atoms with Crippen LogP contribution >= 0.6 is 27.7 Å². The Bertz CT molecular complexity index is 339. The predicted molar refractivity (Wildman–Crippen MR) is 62.9 cm³/mol. The summed E-state index contributed by atoms with van der Waals surface area (Å²) in [5, 5.41) is 0.354. The van der Waals surface area contributed by atoms with E-state index in [1.165, 1.54) is 0 Å². The normalized spacial score (nSPS) is 9.93. The number of ether oxygens (including phenoxy) is 1. The molecule has 0 unspecified atom stereocenters. The molecule has 0 heterocycles. The van der Waals surface area contributed by atoms with Gasteiger partial charge in [0.1, 0.15) is 5.75 Å². The van der Waals surface area contributed by atoms with Gasteiger partial charge in [-0.3, -0.25) is 4.79 Å². The first-order valence-corrected chi connectivity index (χ1v) is 6.38. The Labute approximate surface area is 96.2 Å². The zero-order valence-electron chi connectivity index (χ0n) is 8.04. The number of rotatable bonds is 4. The van der Waals surface area contributed by atoms with Gasteiger partial charge in [0.15, 0.2) is 5.78 Å². The van der Waals surface area contributed by atoms with E-state index in [9.17, 15) is 4.79 Å². The van der Waals surface area contributed by atoms with Crippen molar-refractivity contribution in [3.63, 3.8) is 0 Å². The predicted octanol–water partition coefficient (Wildman–Crippen LogP) is 2.99. The summed E-state index contributed by atoms with van der Waals surface area (Å²) in [5.41, 5.74) is 0.715. The smallest absolute Gasteiger partial charge is 0.173 e. The average molecular weight is 275 g/mol. The van der Waals surface area contributed by atoms with Crippen molar-refractivity contribution in [1.29, 1.82) is 0 Å². The van der Waals surface area contributed by atoms with Crippen LogP contribution in [-0.4, -0.2) is 24.5 Å². The van der Waals surface area contributed by atoms with Crippen LogP contribution in [0.4, 0.5) is 0 Å². The molecule has 0 aliphatic heterocycles. The monoisotopic (exact) mass is 274 g/mol. The number of thioether (sulfide) groups is 1. The SMILES string of the molecule is COc1ccc(C(=O)CBr)cc1SC. The van der Waals surface area contributed by atoms with Gasteiger partial charge in [0.2, 0.25) is 0 Å². The summed E-state index contributed by atoms with van der Waals surface area (Å²) in [7, 11) is 1.63. The Morgan fingerprint density at radius 2 is 2.29 bits per heavy atom. The van der Waals surface area contributed by atoms with Gasteiger partial charge < -0.3 is 4.74 Å². The van der Waals surface area contributed by atoms with Crippen molar-refractivity contribution in [2.24, 2.45) is 0 Å². The van der Waals surface area contributed by atoms with Gasteiger partial charge in [-0.1, -0.05) is 15.9 Å². The number of hydrogen-bond acceptors (Lipinski definition) is 3. The number of hydrogen-bond donors (Lipinski definition) is 0. The maximum absolute atomic E-state index is 11.4. The van der Waals surface area contributed by atoms with Crippen LogP contribution < -0.4 is 4.74 Å². The van der Waals surface area contributed by atoms with Crippen LogP contribution in [0.5, 0.6) is 5.75 Å². The lowest BCUT2D eigenvalue weighted by Gasteiger charge is -2.07. The fraction of sp³-hybridized carbons (Fsp3) is 0.300. The van der Waals surface area contributed by atoms with Crippen molar-refractivity contribution in [3.05, 3.63) is 23.8 Å². The van der Waals surface area contributed by atoms with Crippen molar-refractivity contribution in [3.8, 4) is 5.75 Å². The summed E-state index contributed by atoms with van der Waals surface area (Å²) in [6, 6.07) is 5.46. The summed E-state index contributed by atoms with van der Waals surface area (Å²) in [6.45, 7) is 0. The lowest BCUT2D eigenvalue weighted by molar-refractivity contribution is 0.102. The summed E-state index contributed by atoms with van der Waals surface area (Å²) in [4.78, 5) is 12.4. The lowest BCUT2D eigenvalue weighted by Crippen LogP contribution is -2.00. The molecular formula is C10H11BrO2S. The molecule has 0 aromatic heterocycles. The third-order valence-corrected chi connectivity index (χ3v) is 3.10. The topological polar surface area (TPSA) is 26.3 Å². The summed E-state index contributed by atoms with van der Waals surface area (Å²) in [6.07, 6.45) is 1.96. The van der Waals surface area contributed by atoms with Crippen molar-refractivity contribution in [2.75, 3.05) is 18.7 Å². The van der Waals surface area contributed by atoms with E-state index in [0.29, 0.717) is 10.9 Å². The van der Waals surface area contributed by atoms with E-state index >= 15 is 0 Å². The minimum Gasteiger partial charge on any atom is -0.496 e. The Morgan fingerprint density at radius 3 is 2.79 bits per heavy atom. The molecule has 0 saturated heterocycles. The maximum Gasteiger partial charge on any atom is 0.173 e. The Hall–Kier alpha value is -0.480. The largest absolute Gasteiger partial charge is 0.496 e. The van der Waals surface area contributed by atoms with Gasteiger partial charge in [-0.15, -0.1) is 11.8 Å². The molecule has 0 aliphatic rings. The molecule has 0 amide bonds. The van der Waals surface area contributed by atoms with Crippen LogP contribution in [-0.2, 0) is 0 Å². The average Bonchev–Trinajstić information content (AvgIpc) is 2.26. The summed E-state index contributed by atoms with van der Waals surface area (Å²) < 4.78 is 5.16. The van der Waals surface area contributed by atoms with Crippen LogP contribution in [0, 0.1) is 0 Å². The first kappa shape index (κ1) is 11.6. The molecule has 1 aromatic carbocycles.